The van der Waals surface area contributed by atoms with Crippen molar-refractivity contribution in [2.45, 2.75) is 26.6 Å². The van der Waals surface area contributed by atoms with Gasteiger partial charge in [0.05, 0.1) is 19.3 Å². The average molecular weight is 557 g/mol. The van der Waals surface area contributed by atoms with Crippen molar-refractivity contribution in [3.05, 3.63) is 72.1 Å². The lowest BCUT2D eigenvalue weighted by molar-refractivity contribution is -0.0504. The molecule has 32 heavy (non-hydrogen) atoms. The minimum absolute atomic E-state index is 0. The summed E-state index contributed by atoms with van der Waals surface area (Å²) in [5, 5.41) is 10.7. The molecule has 0 fully saturated rings. The largest absolute Gasteiger partial charge is 0.497 e. The molecule has 0 atom stereocenters. The first-order chi connectivity index (χ1) is 15.1. The maximum atomic E-state index is 12.7. The van der Waals surface area contributed by atoms with E-state index in [9.17, 15) is 8.78 Å². The van der Waals surface area contributed by atoms with Gasteiger partial charge in [0.2, 0.25) is 0 Å². The number of para-hydroxylation sites is 1. The molecular weight excluding hydrogens is 531 g/mol. The van der Waals surface area contributed by atoms with Crippen molar-refractivity contribution in [1.82, 2.24) is 20.4 Å². The molecule has 0 saturated heterocycles. The minimum Gasteiger partial charge on any atom is -0.497 e. The van der Waals surface area contributed by atoms with Crippen LogP contribution >= 0.6 is 24.0 Å². The molecular formula is C22H26F2IN5O2. The summed E-state index contributed by atoms with van der Waals surface area (Å²) in [4.78, 5) is 4.53. The number of guanidine groups is 1. The molecule has 0 aliphatic rings. The second kappa shape index (κ2) is 12.8. The van der Waals surface area contributed by atoms with Crippen molar-refractivity contribution in [2.24, 2.45) is 4.99 Å². The van der Waals surface area contributed by atoms with Crippen LogP contribution in [0.1, 0.15) is 18.1 Å². The van der Waals surface area contributed by atoms with Crippen LogP contribution in [0, 0.1) is 0 Å². The Kier molecular flexibility index (Phi) is 10.2. The lowest BCUT2D eigenvalue weighted by Gasteiger charge is -2.15. The van der Waals surface area contributed by atoms with E-state index in [2.05, 4.69) is 25.5 Å². The fraction of sp³-hybridized carbons (Fsp3) is 0.273. The predicted molar refractivity (Wildman–Crippen MR) is 130 cm³/mol. The van der Waals surface area contributed by atoms with Gasteiger partial charge < -0.3 is 20.1 Å². The monoisotopic (exact) mass is 557 g/mol. The first-order valence-corrected chi connectivity index (χ1v) is 9.82. The Labute approximate surface area is 202 Å². The molecule has 172 valence electrons. The summed E-state index contributed by atoms with van der Waals surface area (Å²) in [6.07, 6.45) is 3.61. The van der Waals surface area contributed by atoms with Crippen LogP contribution in [-0.4, -0.2) is 36.0 Å². The first kappa shape index (κ1) is 25.4. The highest BCUT2D eigenvalue weighted by atomic mass is 127. The van der Waals surface area contributed by atoms with Crippen LogP contribution < -0.4 is 20.1 Å². The number of nitrogens with one attached hydrogen (secondary N) is 2. The lowest BCUT2D eigenvalue weighted by atomic mass is 10.2. The third kappa shape index (κ3) is 7.08. The highest BCUT2D eigenvalue weighted by molar-refractivity contribution is 14.0. The van der Waals surface area contributed by atoms with Gasteiger partial charge in [0.25, 0.3) is 0 Å². The molecule has 1 heterocycles. The van der Waals surface area contributed by atoms with Crippen molar-refractivity contribution in [2.75, 3.05) is 13.7 Å². The first-order valence-electron chi connectivity index (χ1n) is 9.82. The van der Waals surface area contributed by atoms with Gasteiger partial charge in [-0.05, 0) is 42.8 Å². The zero-order valence-electron chi connectivity index (χ0n) is 17.8. The summed E-state index contributed by atoms with van der Waals surface area (Å²) in [6, 6.07) is 14.4. The van der Waals surface area contributed by atoms with Crippen molar-refractivity contribution in [3.8, 4) is 17.2 Å². The number of halogens is 3. The van der Waals surface area contributed by atoms with Crippen LogP contribution in [0.4, 0.5) is 8.78 Å². The van der Waals surface area contributed by atoms with Crippen LogP contribution in [0.3, 0.4) is 0 Å². The van der Waals surface area contributed by atoms with Gasteiger partial charge >= 0.3 is 6.61 Å². The summed E-state index contributed by atoms with van der Waals surface area (Å²) >= 11 is 0. The average Bonchev–Trinajstić information content (AvgIpc) is 3.31. The molecule has 3 rings (SSSR count). The van der Waals surface area contributed by atoms with Gasteiger partial charge in [-0.1, -0.05) is 18.2 Å². The molecule has 10 heteroatoms. The highest BCUT2D eigenvalue weighted by Crippen LogP contribution is 2.26. The van der Waals surface area contributed by atoms with Gasteiger partial charge in [-0.25, -0.2) is 9.67 Å². The third-order valence-electron chi connectivity index (χ3n) is 4.42. The number of nitrogens with zero attached hydrogens (tertiary/aromatic N) is 3. The van der Waals surface area contributed by atoms with Crippen molar-refractivity contribution < 1.29 is 18.3 Å². The molecule has 0 unspecified atom stereocenters. The number of hydrogen-bond acceptors (Lipinski definition) is 4. The molecule has 0 bridgehead atoms. The molecule has 2 N–H and O–H groups in total. The molecule has 1 aromatic heterocycles. The van der Waals surface area contributed by atoms with E-state index < -0.39 is 6.61 Å². The van der Waals surface area contributed by atoms with Gasteiger partial charge in [0, 0.05) is 31.0 Å². The maximum absolute atomic E-state index is 12.7. The zero-order valence-corrected chi connectivity index (χ0v) is 20.1. The number of ether oxygens (including phenoxy) is 2. The van der Waals surface area contributed by atoms with Crippen molar-refractivity contribution in [1.29, 1.82) is 0 Å². The van der Waals surface area contributed by atoms with E-state index in [4.69, 9.17) is 4.74 Å². The Morgan fingerprint density at radius 2 is 1.94 bits per heavy atom. The molecule has 0 saturated carbocycles. The molecule has 2 aromatic carbocycles. The number of hydrogen-bond donors (Lipinski definition) is 2. The fourth-order valence-corrected chi connectivity index (χ4v) is 3.00. The third-order valence-corrected chi connectivity index (χ3v) is 4.42. The van der Waals surface area contributed by atoms with E-state index in [-0.39, 0.29) is 36.3 Å². The highest BCUT2D eigenvalue weighted by Gasteiger charge is 2.11. The Hall–Kier alpha value is -2.89. The van der Waals surface area contributed by atoms with Gasteiger partial charge in [-0.15, -0.1) is 24.0 Å². The number of aliphatic imine (C=N–C) groups is 1. The smallest absolute Gasteiger partial charge is 0.387 e. The van der Waals surface area contributed by atoms with Crippen LogP contribution in [-0.2, 0) is 13.1 Å². The van der Waals surface area contributed by atoms with Crippen LogP contribution in [0.15, 0.2) is 65.9 Å². The molecule has 3 aromatic rings. The second-order valence-electron chi connectivity index (χ2n) is 6.48. The Bertz CT molecular complexity index is 1000. The fourth-order valence-electron chi connectivity index (χ4n) is 3.00. The van der Waals surface area contributed by atoms with Gasteiger partial charge in [0.15, 0.2) is 5.96 Å². The normalized spacial score (nSPS) is 11.1. The van der Waals surface area contributed by atoms with E-state index in [1.165, 1.54) is 13.2 Å². The lowest BCUT2D eigenvalue weighted by Crippen LogP contribution is -2.37. The Balaban J connectivity index is 0.00000363. The number of aromatic nitrogens is 2. The van der Waals surface area contributed by atoms with Crippen LogP contribution in [0.25, 0.3) is 5.69 Å². The van der Waals surface area contributed by atoms with Gasteiger partial charge in [0.1, 0.15) is 11.5 Å². The molecule has 0 amide bonds. The standard InChI is InChI=1S/C22H25F2N5O2.HI/c1-3-25-22(26-14-16-7-4-5-8-19(16)29-12-6-11-28-29)27-15-17-13-18(30-2)9-10-20(17)31-21(23)24;/h4-13,21H,3,14-15H2,1-2H3,(H2,25,26,27);1H. The predicted octanol–water partition coefficient (Wildman–Crippen LogP) is 4.36. The number of methoxy groups -OCH3 is 1. The molecule has 0 radical (unpaired) electrons. The number of rotatable bonds is 9. The van der Waals surface area contributed by atoms with E-state index in [0.717, 1.165) is 11.3 Å². The van der Waals surface area contributed by atoms with E-state index in [0.29, 0.717) is 30.4 Å². The summed E-state index contributed by atoms with van der Waals surface area (Å²) in [5.41, 5.74) is 2.48. The van der Waals surface area contributed by atoms with Crippen LogP contribution in [0.2, 0.25) is 0 Å². The molecule has 0 aliphatic carbocycles. The zero-order chi connectivity index (χ0) is 22.1. The van der Waals surface area contributed by atoms with E-state index in [1.807, 2.05) is 43.5 Å². The maximum Gasteiger partial charge on any atom is 0.387 e. The summed E-state index contributed by atoms with van der Waals surface area (Å²) < 4.78 is 37.1. The quantitative estimate of drug-likeness (QED) is 0.233. The Morgan fingerprint density at radius 3 is 2.62 bits per heavy atom. The number of benzene rings is 2. The molecule has 7 nitrogen and oxygen atoms in total. The summed E-state index contributed by atoms with van der Waals surface area (Å²) in [7, 11) is 1.51. The second-order valence-corrected chi connectivity index (χ2v) is 6.48. The van der Waals surface area contributed by atoms with Crippen LogP contribution in [0.5, 0.6) is 11.5 Å². The van der Waals surface area contributed by atoms with Gasteiger partial charge in [-0.2, -0.15) is 13.9 Å². The van der Waals surface area contributed by atoms with E-state index >= 15 is 0 Å². The number of alkyl halides is 2. The summed E-state index contributed by atoms with van der Waals surface area (Å²) in [5.74, 6) is 1.15. The van der Waals surface area contributed by atoms with E-state index in [1.54, 1.807) is 23.0 Å². The van der Waals surface area contributed by atoms with Crippen molar-refractivity contribution in [3.63, 3.8) is 0 Å². The summed E-state index contributed by atoms with van der Waals surface area (Å²) in [6.45, 7) is 0.313. The van der Waals surface area contributed by atoms with Gasteiger partial charge in [-0.3, -0.25) is 0 Å². The molecule has 0 spiro atoms. The minimum atomic E-state index is -2.92. The van der Waals surface area contributed by atoms with Crippen molar-refractivity contribution >= 4 is 29.9 Å². The Morgan fingerprint density at radius 1 is 1.12 bits per heavy atom. The SMILES string of the molecule is CCNC(=NCc1cc(OC)ccc1OC(F)F)NCc1ccccc1-n1cccn1.I. The molecule has 0 aliphatic heterocycles. The topological polar surface area (TPSA) is 72.7 Å².